The summed E-state index contributed by atoms with van der Waals surface area (Å²) in [5, 5.41) is 13.1. The van der Waals surface area contributed by atoms with Crippen molar-refractivity contribution < 1.29 is 9.84 Å². The van der Waals surface area contributed by atoms with Gasteiger partial charge in [0.25, 0.3) is 0 Å². The van der Waals surface area contributed by atoms with Crippen molar-refractivity contribution in [2.75, 3.05) is 13.2 Å². The third kappa shape index (κ3) is 3.11. The molecule has 0 saturated carbocycles. The Hall–Kier alpha value is -1.81. The fourth-order valence-electron chi connectivity index (χ4n) is 1.80. The summed E-state index contributed by atoms with van der Waals surface area (Å²) in [4.78, 5) is 0. The van der Waals surface area contributed by atoms with E-state index in [1.807, 2.05) is 48.3 Å². The van der Waals surface area contributed by atoms with E-state index in [1.165, 1.54) is 0 Å². The van der Waals surface area contributed by atoms with Crippen LogP contribution >= 0.6 is 0 Å². The van der Waals surface area contributed by atoms with E-state index in [2.05, 4.69) is 5.10 Å². The molecule has 0 saturated heterocycles. The van der Waals surface area contributed by atoms with Gasteiger partial charge in [-0.15, -0.1) is 0 Å². The van der Waals surface area contributed by atoms with Gasteiger partial charge in [0.2, 0.25) is 0 Å². The van der Waals surface area contributed by atoms with Gasteiger partial charge in [0, 0.05) is 24.9 Å². The molecular formula is C14H18N2O2. The zero-order valence-electron chi connectivity index (χ0n) is 10.5. The van der Waals surface area contributed by atoms with Gasteiger partial charge in [0.1, 0.15) is 5.75 Å². The number of rotatable bonds is 6. The molecule has 2 rings (SSSR count). The molecule has 1 aromatic carbocycles. The van der Waals surface area contributed by atoms with E-state index < -0.39 is 0 Å². The summed E-state index contributed by atoms with van der Waals surface area (Å²) in [6.45, 7) is 3.56. The highest BCUT2D eigenvalue weighted by atomic mass is 16.5. The molecule has 0 unspecified atom stereocenters. The molecule has 0 amide bonds. The number of aryl methyl sites for hydroxylation is 1. The Morgan fingerprint density at radius 3 is 3.00 bits per heavy atom. The maximum absolute atomic E-state index is 8.79. The standard InChI is InChI=1S/C14H18N2O2/c1-2-18-14-6-3-5-12(9-14)13-10-15-16(11-13)7-4-8-17/h3,5-6,9-11,17H,2,4,7-8H2,1H3. The maximum atomic E-state index is 8.79. The second kappa shape index (κ2) is 6.21. The van der Waals surface area contributed by atoms with E-state index in [0.717, 1.165) is 29.8 Å². The van der Waals surface area contributed by atoms with Crippen LogP contribution in [0.4, 0.5) is 0 Å². The van der Waals surface area contributed by atoms with Crippen LogP contribution in [0.15, 0.2) is 36.7 Å². The normalized spacial score (nSPS) is 10.6. The van der Waals surface area contributed by atoms with Gasteiger partial charge in [-0.1, -0.05) is 12.1 Å². The summed E-state index contributed by atoms with van der Waals surface area (Å²) < 4.78 is 7.33. The number of aliphatic hydroxyl groups excluding tert-OH is 1. The van der Waals surface area contributed by atoms with Crippen molar-refractivity contribution in [1.82, 2.24) is 9.78 Å². The predicted molar refractivity (Wildman–Crippen MR) is 70.5 cm³/mol. The largest absolute Gasteiger partial charge is 0.494 e. The Bertz CT molecular complexity index is 494. The number of nitrogens with zero attached hydrogens (tertiary/aromatic N) is 2. The highest BCUT2D eigenvalue weighted by molar-refractivity contribution is 5.63. The number of benzene rings is 1. The number of aromatic nitrogens is 2. The van der Waals surface area contributed by atoms with E-state index in [9.17, 15) is 0 Å². The van der Waals surface area contributed by atoms with Crippen LogP contribution in [-0.2, 0) is 6.54 Å². The summed E-state index contributed by atoms with van der Waals surface area (Å²) in [5.41, 5.74) is 2.16. The van der Waals surface area contributed by atoms with Gasteiger partial charge >= 0.3 is 0 Å². The molecule has 0 spiro atoms. The highest BCUT2D eigenvalue weighted by Gasteiger charge is 2.03. The van der Waals surface area contributed by atoms with Crippen molar-refractivity contribution in [1.29, 1.82) is 0 Å². The third-order valence-corrected chi connectivity index (χ3v) is 2.66. The summed E-state index contributed by atoms with van der Waals surface area (Å²) in [7, 11) is 0. The molecule has 0 bridgehead atoms. The summed E-state index contributed by atoms with van der Waals surface area (Å²) >= 11 is 0. The van der Waals surface area contributed by atoms with E-state index >= 15 is 0 Å². The van der Waals surface area contributed by atoms with Crippen LogP contribution in [0.2, 0.25) is 0 Å². The highest BCUT2D eigenvalue weighted by Crippen LogP contribution is 2.23. The second-order valence-corrected chi connectivity index (χ2v) is 4.03. The van der Waals surface area contributed by atoms with Crippen LogP contribution in [0.3, 0.4) is 0 Å². The zero-order chi connectivity index (χ0) is 12.8. The van der Waals surface area contributed by atoms with Crippen LogP contribution < -0.4 is 4.74 Å². The minimum absolute atomic E-state index is 0.190. The molecule has 0 aliphatic carbocycles. The molecule has 4 nitrogen and oxygen atoms in total. The maximum Gasteiger partial charge on any atom is 0.119 e. The molecule has 1 aromatic heterocycles. The van der Waals surface area contributed by atoms with Gasteiger partial charge in [-0.25, -0.2) is 0 Å². The SMILES string of the molecule is CCOc1cccc(-c2cnn(CCCO)c2)c1. The Morgan fingerprint density at radius 1 is 1.33 bits per heavy atom. The van der Waals surface area contributed by atoms with E-state index in [1.54, 1.807) is 0 Å². The molecule has 96 valence electrons. The van der Waals surface area contributed by atoms with Gasteiger partial charge in [-0.3, -0.25) is 4.68 Å². The average Bonchev–Trinajstić information content (AvgIpc) is 2.86. The molecule has 4 heteroatoms. The molecule has 0 radical (unpaired) electrons. The molecule has 0 atom stereocenters. The van der Waals surface area contributed by atoms with Gasteiger partial charge in [0.05, 0.1) is 12.8 Å². The lowest BCUT2D eigenvalue weighted by Crippen LogP contribution is -1.99. The van der Waals surface area contributed by atoms with E-state index in [-0.39, 0.29) is 6.61 Å². The van der Waals surface area contributed by atoms with E-state index in [0.29, 0.717) is 6.61 Å². The van der Waals surface area contributed by atoms with Gasteiger partial charge in [0.15, 0.2) is 0 Å². The molecule has 0 aliphatic heterocycles. The number of hydrogen-bond donors (Lipinski definition) is 1. The number of aliphatic hydroxyl groups is 1. The Morgan fingerprint density at radius 2 is 2.22 bits per heavy atom. The average molecular weight is 246 g/mol. The topological polar surface area (TPSA) is 47.3 Å². The van der Waals surface area contributed by atoms with Crippen molar-refractivity contribution in [3.8, 4) is 16.9 Å². The lowest BCUT2D eigenvalue weighted by molar-refractivity contribution is 0.277. The fraction of sp³-hybridized carbons (Fsp3) is 0.357. The third-order valence-electron chi connectivity index (χ3n) is 2.66. The number of hydrogen-bond acceptors (Lipinski definition) is 3. The zero-order valence-corrected chi connectivity index (χ0v) is 10.5. The minimum atomic E-state index is 0.190. The first-order valence-corrected chi connectivity index (χ1v) is 6.20. The molecule has 1 N–H and O–H groups in total. The van der Waals surface area contributed by atoms with Crippen LogP contribution in [0.5, 0.6) is 5.75 Å². The summed E-state index contributed by atoms with van der Waals surface area (Å²) in [6, 6.07) is 7.97. The van der Waals surface area contributed by atoms with Crippen LogP contribution in [0, 0.1) is 0 Å². The van der Waals surface area contributed by atoms with Crippen LogP contribution in [0.25, 0.3) is 11.1 Å². The molecule has 0 aliphatic rings. The van der Waals surface area contributed by atoms with Crippen molar-refractivity contribution in [3.05, 3.63) is 36.7 Å². The minimum Gasteiger partial charge on any atom is -0.494 e. The smallest absolute Gasteiger partial charge is 0.119 e. The predicted octanol–water partition coefficient (Wildman–Crippen LogP) is 2.33. The summed E-state index contributed by atoms with van der Waals surface area (Å²) in [6.07, 6.45) is 4.54. The van der Waals surface area contributed by atoms with Crippen molar-refractivity contribution >= 4 is 0 Å². The van der Waals surface area contributed by atoms with Crippen LogP contribution in [0.1, 0.15) is 13.3 Å². The van der Waals surface area contributed by atoms with Gasteiger partial charge in [-0.05, 0) is 31.0 Å². The molecule has 18 heavy (non-hydrogen) atoms. The van der Waals surface area contributed by atoms with Crippen LogP contribution in [-0.4, -0.2) is 28.1 Å². The molecular weight excluding hydrogens is 228 g/mol. The first-order chi connectivity index (χ1) is 8.83. The first kappa shape index (κ1) is 12.6. The monoisotopic (exact) mass is 246 g/mol. The van der Waals surface area contributed by atoms with Gasteiger partial charge in [-0.2, -0.15) is 5.10 Å². The van der Waals surface area contributed by atoms with Gasteiger partial charge < -0.3 is 9.84 Å². The summed E-state index contributed by atoms with van der Waals surface area (Å²) in [5.74, 6) is 0.873. The molecule has 1 heterocycles. The molecule has 0 fully saturated rings. The Kier molecular flexibility index (Phi) is 4.36. The Balaban J connectivity index is 2.15. The van der Waals surface area contributed by atoms with Crippen molar-refractivity contribution in [2.24, 2.45) is 0 Å². The van der Waals surface area contributed by atoms with Crippen molar-refractivity contribution in [3.63, 3.8) is 0 Å². The molecule has 2 aromatic rings. The Labute approximate surface area is 107 Å². The lowest BCUT2D eigenvalue weighted by Gasteiger charge is -2.04. The lowest BCUT2D eigenvalue weighted by atomic mass is 10.1. The fourth-order valence-corrected chi connectivity index (χ4v) is 1.80. The second-order valence-electron chi connectivity index (χ2n) is 4.03. The quantitative estimate of drug-likeness (QED) is 0.851. The van der Waals surface area contributed by atoms with Crippen molar-refractivity contribution in [2.45, 2.75) is 19.9 Å². The number of ether oxygens (including phenoxy) is 1. The van der Waals surface area contributed by atoms with E-state index in [4.69, 9.17) is 9.84 Å². The first-order valence-electron chi connectivity index (χ1n) is 6.20.